The second-order valence-electron chi connectivity index (χ2n) is 8.64. The van der Waals surface area contributed by atoms with Crippen LogP contribution in [0.2, 0.25) is 0 Å². The molecule has 0 spiro atoms. The van der Waals surface area contributed by atoms with E-state index in [-0.39, 0.29) is 5.78 Å². The van der Waals surface area contributed by atoms with Crippen molar-refractivity contribution in [3.8, 4) is 11.1 Å². The van der Waals surface area contributed by atoms with Crippen LogP contribution in [0.5, 0.6) is 0 Å². The number of aromatic nitrogens is 1. The zero-order chi connectivity index (χ0) is 21.5. The number of nitrogens with zero attached hydrogens (tertiary/aromatic N) is 2. The summed E-state index contributed by atoms with van der Waals surface area (Å²) in [6.07, 6.45) is 8.38. The summed E-state index contributed by atoms with van der Waals surface area (Å²) in [7, 11) is 0. The maximum absolute atomic E-state index is 12.6. The van der Waals surface area contributed by atoms with Gasteiger partial charge in [0.05, 0.1) is 10.2 Å². The van der Waals surface area contributed by atoms with E-state index in [1.807, 2.05) is 30.3 Å². The summed E-state index contributed by atoms with van der Waals surface area (Å²) in [5.41, 5.74) is 8.98. The molecule has 0 N–H and O–H groups in total. The molecule has 0 saturated carbocycles. The van der Waals surface area contributed by atoms with E-state index in [2.05, 4.69) is 46.3 Å². The minimum atomic E-state index is -0.0476. The number of carbonyl (C=O) groups is 1. The molecule has 3 nitrogen and oxygen atoms in total. The molecule has 0 atom stereocenters. The Morgan fingerprint density at radius 2 is 1.62 bits per heavy atom. The molecule has 3 heterocycles. The molecule has 158 valence electrons. The predicted molar refractivity (Wildman–Crippen MR) is 134 cm³/mol. The lowest BCUT2D eigenvalue weighted by molar-refractivity contribution is 0.104. The molecule has 6 rings (SSSR count). The standard InChI is InChI=1S/C28H24N2OS/c31-25(28-29-24-7-1-2-8-26(24)32-28)14-11-19-9-12-20(13-10-19)23-17-21-5-3-15-30-16-4-6-22(18-23)27(21)30/h1-2,7-14,17-18H,3-6,15-16H2/b14-11+. The minimum Gasteiger partial charge on any atom is -0.371 e. The molecule has 3 aromatic carbocycles. The highest BCUT2D eigenvalue weighted by Crippen LogP contribution is 2.38. The van der Waals surface area contributed by atoms with Gasteiger partial charge in [0.15, 0.2) is 5.01 Å². The van der Waals surface area contributed by atoms with Crippen LogP contribution in [0.3, 0.4) is 0 Å². The molecule has 0 bridgehead atoms. The van der Waals surface area contributed by atoms with Gasteiger partial charge in [-0.3, -0.25) is 4.79 Å². The summed E-state index contributed by atoms with van der Waals surface area (Å²) >= 11 is 1.44. The topological polar surface area (TPSA) is 33.2 Å². The monoisotopic (exact) mass is 436 g/mol. The van der Waals surface area contributed by atoms with Crippen molar-refractivity contribution in [2.75, 3.05) is 18.0 Å². The van der Waals surface area contributed by atoms with Crippen LogP contribution < -0.4 is 4.90 Å². The van der Waals surface area contributed by atoms with Crippen molar-refractivity contribution in [1.82, 2.24) is 4.98 Å². The van der Waals surface area contributed by atoms with Crippen LogP contribution in [-0.4, -0.2) is 23.9 Å². The van der Waals surface area contributed by atoms with Gasteiger partial charge in [-0.25, -0.2) is 4.98 Å². The molecule has 2 aliphatic rings. The van der Waals surface area contributed by atoms with Crippen LogP contribution in [0.1, 0.15) is 39.3 Å². The lowest BCUT2D eigenvalue weighted by Crippen LogP contribution is -2.34. The molecule has 32 heavy (non-hydrogen) atoms. The molecule has 0 amide bonds. The van der Waals surface area contributed by atoms with Crippen LogP contribution >= 0.6 is 11.3 Å². The number of thiazole rings is 1. The van der Waals surface area contributed by atoms with Crippen molar-refractivity contribution in [3.63, 3.8) is 0 Å². The Hall–Kier alpha value is -3.24. The van der Waals surface area contributed by atoms with Gasteiger partial charge in [-0.05, 0) is 83.8 Å². The molecular weight excluding hydrogens is 412 g/mol. The van der Waals surface area contributed by atoms with E-state index in [1.54, 1.807) is 6.08 Å². The molecule has 1 aromatic heterocycles. The molecule has 2 aliphatic heterocycles. The normalized spacial score (nSPS) is 15.3. The highest BCUT2D eigenvalue weighted by molar-refractivity contribution is 7.20. The van der Waals surface area contributed by atoms with E-state index < -0.39 is 0 Å². The smallest absolute Gasteiger partial charge is 0.214 e. The maximum Gasteiger partial charge on any atom is 0.214 e. The fourth-order valence-corrected chi connectivity index (χ4v) is 5.86. The summed E-state index contributed by atoms with van der Waals surface area (Å²) in [6, 6.07) is 21.1. The first kappa shape index (κ1) is 19.4. The number of carbonyl (C=O) groups excluding carboxylic acids is 1. The Labute approximate surface area is 192 Å². The molecule has 0 fully saturated rings. The number of anilines is 1. The van der Waals surface area contributed by atoms with Crippen molar-refractivity contribution in [3.05, 3.63) is 88.4 Å². The Balaban J connectivity index is 1.23. The quantitative estimate of drug-likeness (QED) is 0.268. The van der Waals surface area contributed by atoms with Crippen LogP contribution in [0.25, 0.3) is 27.4 Å². The SMILES string of the molecule is O=C(/C=C/c1ccc(-c2cc3c4c(c2)CCCN4CCC3)cc1)c1nc2ccccc2s1. The first-order valence-electron chi connectivity index (χ1n) is 11.3. The van der Waals surface area contributed by atoms with Crippen molar-refractivity contribution in [2.24, 2.45) is 0 Å². The van der Waals surface area contributed by atoms with Crippen LogP contribution in [-0.2, 0) is 12.8 Å². The largest absolute Gasteiger partial charge is 0.371 e. The predicted octanol–water partition coefficient (Wildman–Crippen LogP) is 6.56. The Bertz CT molecular complexity index is 1290. The van der Waals surface area contributed by atoms with E-state index in [0.29, 0.717) is 5.01 Å². The van der Waals surface area contributed by atoms with Crippen LogP contribution in [0.4, 0.5) is 5.69 Å². The molecule has 0 saturated heterocycles. The molecule has 0 aliphatic carbocycles. The number of hydrogen-bond acceptors (Lipinski definition) is 4. The number of benzene rings is 3. The third-order valence-electron chi connectivity index (χ3n) is 6.51. The van der Waals surface area contributed by atoms with Gasteiger partial charge in [-0.2, -0.15) is 0 Å². The van der Waals surface area contributed by atoms with E-state index >= 15 is 0 Å². The van der Waals surface area contributed by atoms with E-state index in [0.717, 1.165) is 15.8 Å². The zero-order valence-electron chi connectivity index (χ0n) is 17.9. The van der Waals surface area contributed by atoms with Gasteiger partial charge >= 0.3 is 0 Å². The Kier molecular flexibility index (Phi) is 4.88. The molecule has 4 aromatic rings. The number of para-hydroxylation sites is 1. The summed E-state index contributed by atoms with van der Waals surface area (Å²) < 4.78 is 1.04. The summed E-state index contributed by atoms with van der Waals surface area (Å²) in [5.74, 6) is -0.0476. The Morgan fingerprint density at radius 3 is 2.34 bits per heavy atom. The van der Waals surface area contributed by atoms with Crippen molar-refractivity contribution >= 4 is 39.1 Å². The summed E-state index contributed by atoms with van der Waals surface area (Å²) in [5, 5.41) is 0.538. The number of aryl methyl sites for hydroxylation is 2. The highest BCUT2D eigenvalue weighted by Gasteiger charge is 2.24. The molecule has 4 heteroatoms. The van der Waals surface area contributed by atoms with Gasteiger partial charge in [0.1, 0.15) is 0 Å². The zero-order valence-corrected chi connectivity index (χ0v) is 18.7. The number of ketones is 1. The van der Waals surface area contributed by atoms with Gasteiger partial charge < -0.3 is 4.90 Å². The second kappa shape index (κ2) is 8.03. The van der Waals surface area contributed by atoms with Gasteiger partial charge in [0, 0.05) is 18.8 Å². The van der Waals surface area contributed by atoms with Gasteiger partial charge in [-0.15, -0.1) is 11.3 Å². The molecule has 0 unspecified atom stereocenters. The first-order chi connectivity index (χ1) is 15.7. The van der Waals surface area contributed by atoms with E-state index in [9.17, 15) is 4.79 Å². The van der Waals surface area contributed by atoms with Gasteiger partial charge in [0.2, 0.25) is 5.78 Å². The molecular formula is C28H24N2OS. The average molecular weight is 437 g/mol. The minimum absolute atomic E-state index is 0.0476. The Morgan fingerprint density at radius 1 is 0.906 bits per heavy atom. The summed E-state index contributed by atoms with van der Waals surface area (Å²) in [6.45, 7) is 2.41. The maximum atomic E-state index is 12.6. The fourth-order valence-electron chi connectivity index (χ4n) is 4.98. The number of allylic oxidation sites excluding steroid dienone is 1. The van der Waals surface area contributed by atoms with E-state index in [1.165, 1.54) is 78.1 Å². The lowest BCUT2D eigenvalue weighted by Gasteiger charge is -2.37. The fraction of sp³-hybridized carbons (Fsp3) is 0.214. The third-order valence-corrected chi connectivity index (χ3v) is 7.56. The first-order valence-corrected chi connectivity index (χ1v) is 12.2. The van der Waals surface area contributed by atoms with Crippen LogP contribution in [0.15, 0.2) is 66.7 Å². The number of hydrogen-bond donors (Lipinski definition) is 0. The number of fused-ring (bicyclic) bond motifs is 1. The third kappa shape index (κ3) is 3.55. The van der Waals surface area contributed by atoms with Crippen molar-refractivity contribution < 1.29 is 4.79 Å². The average Bonchev–Trinajstić information content (AvgIpc) is 3.28. The van der Waals surface area contributed by atoms with Gasteiger partial charge in [-0.1, -0.05) is 42.5 Å². The second-order valence-corrected chi connectivity index (χ2v) is 9.67. The number of rotatable bonds is 4. The van der Waals surface area contributed by atoms with Gasteiger partial charge in [0.25, 0.3) is 0 Å². The highest BCUT2D eigenvalue weighted by atomic mass is 32.1. The van der Waals surface area contributed by atoms with Crippen molar-refractivity contribution in [1.29, 1.82) is 0 Å². The van der Waals surface area contributed by atoms with Crippen molar-refractivity contribution in [2.45, 2.75) is 25.7 Å². The molecule has 0 radical (unpaired) electrons. The van der Waals surface area contributed by atoms with E-state index in [4.69, 9.17) is 0 Å². The van der Waals surface area contributed by atoms with Crippen LogP contribution in [0, 0.1) is 0 Å². The summed E-state index contributed by atoms with van der Waals surface area (Å²) in [4.78, 5) is 19.6. The lowest BCUT2D eigenvalue weighted by atomic mass is 9.88.